The van der Waals surface area contributed by atoms with E-state index >= 15 is 0 Å². The maximum atomic E-state index is 8.55. The molecule has 1 radical (unpaired) electrons. The molecule has 0 spiro atoms. The number of rotatable bonds is 9. The van der Waals surface area contributed by atoms with Crippen LogP contribution in [0.4, 0.5) is 0 Å². The maximum absolute atomic E-state index is 8.55. The van der Waals surface area contributed by atoms with Gasteiger partial charge in [0.25, 0.3) is 0 Å². The van der Waals surface area contributed by atoms with E-state index in [1.165, 1.54) is 9.96 Å². The van der Waals surface area contributed by atoms with Gasteiger partial charge in [-0.05, 0) is 41.5 Å². The molecule has 54 heavy (non-hydrogen) atoms. The summed E-state index contributed by atoms with van der Waals surface area (Å²) < 4.78 is 42.0. The van der Waals surface area contributed by atoms with E-state index < -0.39 is 34.1 Å². The predicted octanol–water partition coefficient (Wildman–Crippen LogP) is 12.1. The van der Waals surface area contributed by atoms with Crippen LogP contribution in [0.1, 0.15) is 44.3 Å². The molecule has 0 fully saturated rings. The third-order valence-electron chi connectivity index (χ3n) is 9.13. The van der Waals surface area contributed by atoms with E-state index in [4.69, 9.17) is 9.90 Å². The summed E-state index contributed by atoms with van der Waals surface area (Å²) in [7, 11) is -1.67. The van der Waals surface area contributed by atoms with Crippen molar-refractivity contribution >= 4 is 52.9 Å². The van der Waals surface area contributed by atoms with E-state index in [-0.39, 0.29) is 31.9 Å². The summed E-state index contributed by atoms with van der Waals surface area (Å²) in [5.74, 6) is 6.99. The summed E-state index contributed by atoms with van der Waals surface area (Å²) in [5.41, 5.74) is 8.39. The van der Waals surface area contributed by atoms with E-state index in [2.05, 4.69) is 101 Å². The summed E-state index contributed by atoms with van der Waals surface area (Å²) in [5, 5.41) is 3.16. The molecule has 0 atom stereocenters. The monoisotopic (exact) mass is 973 g/mol. The molecule has 0 amide bonds. The first-order valence-corrected chi connectivity index (χ1v) is 29.5. The van der Waals surface area contributed by atoms with Crippen LogP contribution in [0.2, 0.25) is 36.9 Å². The van der Waals surface area contributed by atoms with Gasteiger partial charge in [-0.25, -0.2) is 0 Å². The molecule has 7 aromatic rings. The molecule has 7 rings (SSSR count). The van der Waals surface area contributed by atoms with Gasteiger partial charge in [0.2, 0.25) is 0 Å². The first-order chi connectivity index (χ1) is 26.7. The Labute approximate surface area is 346 Å². The van der Waals surface area contributed by atoms with Gasteiger partial charge in [0, 0.05) is 38.0 Å². The fourth-order valence-corrected chi connectivity index (χ4v) is 10.3. The summed E-state index contributed by atoms with van der Waals surface area (Å²) >= 11 is -1.84. The molecule has 0 N–H and O–H groups in total. The Kier molecular flexibility index (Phi) is 11.7. The van der Waals surface area contributed by atoms with Crippen LogP contribution in [-0.2, 0) is 32.9 Å². The first kappa shape index (κ1) is 36.1. The molecule has 281 valence electrons. The number of hydrogen-bond donors (Lipinski definition) is 0. The summed E-state index contributed by atoms with van der Waals surface area (Å²) in [4.78, 5) is 9.13. The van der Waals surface area contributed by atoms with Crippen molar-refractivity contribution in [3.63, 3.8) is 0 Å². The van der Waals surface area contributed by atoms with Crippen LogP contribution in [0, 0.1) is 24.0 Å². The second-order valence-corrected chi connectivity index (χ2v) is 32.1. The fourth-order valence-electron chi connectivity index (χ4n) is 6.45. The van der Waals surface area contributed by atoms with Crippen molar-refractivity contribution < 1.29 is 30.0 Å². The topological polar surface area (TPSA) is 38.9 Å². The molecular formula is C48H54GeIrN2OSi-2. The van der Waals surface area contributed by atoms with Gasteiger partial charge in [0.15, 0.2) is 0 Å². The fraction of sp³-hybridized carbons (Fsp3) is 0.292. The first-order valence-electron chi connectivity index (χ1n) is 20.6. The molecule has 3 heterocycles. The quantitative estimate of drug-likeness (QED) is 0.107. The van der Waals surface area contributed by atoms with Crippen LogP contribution in [0.5, 0.6) is 0 Å². The molecule has 0 aliphatic heterocycles. The number of aromatic nitrogens is 2. The molecule has 0 saturated carbocycles. The molecule has 0 bridgehead atoms. The third kappa shape index (κ3) is 9.97. The van der Waals surface area contributed by atoms with E-state index in [0.29, 0.717) is 11.3 Å². The van der Waals surface area contributed by atoms with Crippen LogP contribution >= 0.6 is 0 Å². The van der Waals surface area contributed by atoms with Crippen molar-refractivity contribution in [1.29, 1.82) is 0 Å². The summed E-state index contributed by atoms with van der Waals surface area (Å²) in [6, 6.07) is 39.0. The SMILES string of the molecule is [2H]C([2H])(c1cc(-c2[c-]cccc2)ncc1[Si](C)(C)C)C(C)C.[2H]C([2H])(c1ccnc(-c2[c-]ccc3c2oc2cc(-c4cc[c]([Ge]([CH3])([CH3])[CH3])cc4)ccc23)c1)C(C)C.[Ir]. The van der Waals surface area contributed by atoms with Crippen LogP contribution < -0.4 is 9.58 Å². The molecule has 0 aliphatic carbocycles. The number of pyridine rings is 2. The standard InChI is InChI=1S/C30H30GeNO.C18H24NSi.Ir/c1-20(2)17-21-15-16-32-28(18-21)27-8-6-7-26-25-14-11-23(19-29(25)33-30(26)27)22-9-12-24(13-10-22)31(3,4)5;1-14(2)11-16-12-17(15-9-7-6-8-10-15)19-13-18(16)20(3,4)5;/h6-7,9-16,18-20H,17H2,1-5H3;6-9,12-14H,11H2,1-5H3;/q2*-1;/i17D2;11D2;. The average molecular weight is 972 g/mol. The number of benzene rings is 4. The van der Waals surface area contributed by atoms with Gasteiger partial charge < -0.3 is 4.98 Å². The molecule has 3 aromatic heterocycles. The zero-order valence-electron chi connectivity index (χ0n) is 37.2. The van der Waals surface area contributed by atoms with Gasteiger partial charge in [-0.15, -0.1) is 35.9 Å². The van der Waals surface area contributed by atoms with Crippen molar-refractivity contribution in [1.82, 2.24) is 9.97 Å². The van der Waals surface area contributed by atoms with Gasteiger partial charge in [-0.1, -0.05) is 64.5 Å². The van der Waals surface area contributed by atoms with Gasteiger partial charge in [-0.2, -0.15) is 0 Å². The zero-order chi connectivity index (χ0) is 41.5. The number of fused-ring (bicyclic) bond motifs is 3. The van der Waals surface area contributed by atoms with Crippen molar-refractivity contribution in [3.8, 4) is 33.6 Å². The Morgan fingerprint density at radius 1 is 0.741 bits per heavy atom. The van der Waals surface area contributed by atoms with Crippen LogP contribution in [-0.4, -0.2) is 31.3 Å². The Morgan fingerprint density at radius 3 is 2.11 bits per heavy atom. The van der Waals surface area contributed by atoms with Gasteiger partial charge >= 0.3 is 155 Å². The van der Waals surface area contributed by atoms with Crippen LogP contribution in [0.3, 0.4) is 0 Å². The Hall–Kier alpha value is -3.61. The number of hydrogen-bond acceptors (Lipinski definition) is 3. The minimum absolute atomic E-state index is 0. The molecule has 6 heteroatoms. The van der Waals surface area contributed by atoms with Crippen molar-refractivity contribution in [2.45, 2.75) is 77.4 Å². The van der Waals surface area contributed by atoms with Crippen molar-refractivity contribution in [3.05, 3.63) is 133 Å². The van der Waals surface area contributed by atoms with E-state index in [0.717, 1.165) is 55.1 Å². The number of furan rings is 1. The number of nitrogens with zero attached hydrogens (tertiary/aromatic N) is 2. The Balaban J connectivity index is 0.000000241. The molecule has 0 aliphatic rings. The van der Waals surface area contributed by atoms with Gasteiger partial charge in [0.05, 0.1) is 8.07 Å². The summed E-state index contributed by atoms with van der Waals surface area (Å²) in [6.07, 6.45) is 0.754. The Morgan fingerprint density at radius 2 is 1.46 bits per heavy atom. The van der Waals surface area contributed by atoms with Crippen LogP contribution in [0.25, 0.3) is 55.6 Å². The van der Waals surface area contributed by atoms with E-state index in [1.807, 2.05) is 82.4 Å². The molecular weight excluding hydrogens is 913 g/mol. The van der Waals surface area contributed by atoms with E-state index in [9.17, 15) is 0 Å². The summed E-state index contributed by atoms with van der Waals surface area (Å²) in [6.45, 7) is 14.4. The minimum Gasteiger partial charge on any atom is -0.0625 e. The molecule has 3 nitrogen and oxygen atoms in total. The molecule has 0 saturated heterocycles. The van der Waals surface area contributed by atoms with Crippen molar-refractivity contribution in [2.24, 2.45) is 11.8 Å². The van der Waals surface area contributed by atoms with Crippen molar-refractivity contribution in [2.75, 3.05) is 0 Å². The van der Waals surface area contributed by atoms with E-state index in [1.54, 1.807) is 12.3 Å². The second-order valence-electron chi connectivity index (χ2n) is 16.4. The van der Waals surface area contributed by atoms with Gasteiger partial charge in [0.1, 0.15) is 0 Å². The Bertz CT molecular complexity index is 2510. The third-order valence-corrected chi connectivity index (χ3v) is 15.5. The zero-order valence-corrected chi connectivity index (χ0v) is 38.7. The smallest absolute Gasteiger partial charge is 0.0625 e. The normalized spacial score (nSPS) is 13.5. The van der Waals surface area contributed by atoms with Gasteiger partial charge in [-0.3, -0.25) is 0 Å². The molecule has 0 unspecified atom stereocenters. The molecule has 4 aromatic carbocycles. The predicted molar refractivity (Wildman–Crippen MR) is 233 cm³/mol. The second kappa shape index (κ2) is 17.5. The average Bonchev–Trinajstić information content (AvgIpc) is 3.56. The van der Waals surface area contributed by atoms with Crippen LogP contribution in [0.15, 0.2) is 114 Å². The minimum atomic E-state index is -1.84.